The fraction of sp³-hybridized carbons (Fsp3) is 0.261. The number of benzene rings is 1. The number of amides is 1. The van der Waals surface area contributed by atoms with Crippen molar-refractivity contribution in [1.82, 2.24) is 24.3 Å². The molecule has 0 aliphatic heterocycles. The maximum atomic E-state index is 12.6. The second-order valence-corrected chi connectivity index (χ2v) is 9.08. The van der Waals surface area contributed by atoms with Gasteiger partial charge in [-0.3, -0.25) is 14.3 Å². The third-order valence-corrected chi connectivity index (χ3v) is 6.46. The Morgan fingerprint density at radius 3 is 2.73 bits per heavy atom. The molecule has 1 aromatic carbocycles. The molecule has 0 spiro atoms. The number of pyridine rings is 1. The molecule has 0 radical (unpaired) electrons. The van der Waals surface area contributed by atoms with Crippen molar-refractivity contribution in [2.75, 3.05) is 5.32 Å². The van der Waals surface area contributed by atoms with Crippen molar-refractivity contribution < 1.29 is 4.79 Å². The first kappa shape index (κ1) is 23.3. The van der Waals surface area contributed by atoms with Crippen molar-refractivity contribution in [3.05, 3.63) is 64.0 Å². The average molecular weight is 499 g/mol. The molecule has 0 aliphatic carbocycles. The van der Waals surface area contributed by atoms with Gasteiger partial charge in [-0.15, -0.1) is 11.3 Å². The quantitative estimate of drug-likeness (QED) is 0.283. The van der Waals surface area contributed by atoms with Gasteiger partial charge in [0, 0.05) is 46.9 Å². The van der Waals surface area contributed by atoms with Crippen LogP contribution in [0.2, 0.25) is 5.02 Å². The largest absolute Gasteiger partial charge is 0.302 e. The lowest BCUT2D eigenvalue weighted by Crippen LogP contribution is -2.15. The van der Waals surface area contributed by atoms with E-state index in [-0.39, 0.29) is 12.3 Å². The van der Waals surface area contributed by atoms with E-state index in [1.165, 1.54) is 11.3 Å². The van der Waals surface area contributed by atoms with Crippen LogP contribution in [0.5, 0.6) is 0 Å². The summed E-state index contributed by atoms with van der Waals surface area (Å²) in [6.45, 7) is 3.29. The van der Waals surface area contributed by atoms with E-state index in [2.05, 4.69) is 22.2 Å². The summed E-state index contributed by atoms with van der Waals surface area (Å²) in [4.78, 5) is 21.1. The number of unbranched alkanes of at least 4 members (excludes halogenated alkanes) is 1. The van der Waals surface area contributed by atoms with Crippen molar-refractivity contribution in [3.63, 3.8) is 0 Å². The van der Waals surface area contributed by atoms with Crippen LogP contribution in [0.15, 0.2) is 54.2 Å². The minimum Gasteiger partial charge on any atom is -0.302 e. The number of halogens is 1. The Balaban J connectivity index is 1.45. The molecule has 0 unspecified atom stereocenters. The highest BCUT2D eigenvalue weighted by Gasteiger charge is 2.14. The van der Waals surface area contributed by atoms with Gasteiger partial charge in [0.2, 0.25) is 5.91 Å². The number of carbonyl (C=O) groups is 1. The van der Waals surface area contributed by atoms with Crippen LogP contribution in [-0.2, 0) is 17.9 Å². The number of aromatic nitrogens is 5. The Morgan fingerprint density at radius 1 is 1.18 bits per heavy atom. The van der Waals surface area contributed by atoms with Crippen molar-refractivity contribution in [2.45, 2.75) is 39.3 Å². The molecule has 0 atom stereocenters. The zero-order chi connectivity index (χ0) is 23.2. The van der Waals surface area contributed by atoms with Crippen LogP contribution in [0.3, 0.4) is 0 Å². The van der Waals surface area contributed by atoms with Crippen molar-refractivity contribution in [1.29, 1.82) is 0 Å². The highest BCUT2D eigenvalue weighted by Crippen LogP contribution is 2.24. The van der Waals surface area contributed by atoms with Gasteiger partial charge in [0.05, 0.1) is 12.2 Å². The summed E-state index contributed by atoms with van der Waals surface area (Å²) < 4.78 is 4.35. The molecule has 1 amide bonds. The standard InChI is InChI=1S/C23H23ClN6OS2/c1-2-3-12-29-21(16-6-8-18(24)9-7-16)28-30(23(29)32)13-10-20(31)27-22-26-19(15-33-22)17-5-4-11-25-14-17/h4-9,11,14-15H,2-3,10,12-13H2,1H3,(H,26,27,31). The van der Waals surface area contributed by atoms with E-state index in [9.17, 15) is 4.79 Å². The molecule has 0 bridgehead atoms. The number of rotatable bonds is 9. The van der Waals surface area contributed by atoms with Gasteiger partial charge in [-0.1, -0.05) is 24.9 Å². The SMILES string of the molecule is CCCCn1c(-c2ccc(Cl)cc2)nn(CCC(=O)Nc2nc(-c3cccnc3)cs2)c1=S. The number of nitrogens with zero attached hydrogens (tertiary/aromatic N) is 5. The van der Waals surface area contributed by atoms with Gasteiger partial charge in [-0.2, -0.15) is 5.10 Å². The molecule has 170 valence electrons. The van der Waals surface area contributed by atoms with E-state index >= 15 is 0 Å². The topological polar surface area (TPSA) is 77.6 Å². The highest BCUT2D eigenvalue weighted by atomic mass is 35.5. The Labute approximate surface area is 206 Å². The monoisotopic (exact) mass is 498 g/mol. The van der Waals surface area contributed by atoms with E-state index in [0.717, 1.165) is 42.0 Å². The van der Waals surface area contributed by atoms with E-state index in [0.29, 0.717) is 21.5 Å². The maximum absolute atomic E-state index is 12.6. The molecule has 7 nitrogen and oxygen atoms in total. The summed E-state index contributed by atoms with van der Waals surface area (Å²) in [5.74, 6) is 0.645. The molecular weight excluding hydrogens is 476 g/mol. The van der Waals surface area contributed by atoms with Crippen LogP contribution in [0.1, 0.15) is 26.2 Å². The van der Waals surface area contributed by atoms with Crippen molar-refractivity contribution in [2.24, 2.45) is 0 Å². The van der Waals surface area contributed by atoms with Gasteiger partial charge in [-0.25, -0.2) is 9.67 Å². The van der Waals surface area contributed by atoms with E-state index in [1.54, 1.807) is 17.1 Å². The first-order valence-corrected chi connectivity index (χ1v) is 12.3. The predicted molar refractivity (Wildman–Crippen MR) is 135 cm³/mol. The van der Waals surface area contributed by atoms with Crippen LogP contribution in [0, 0.1) is 4.77 Å². The molecule has 3 heterocycles. The van der Waals surface area contributed by atoms with Gasteiger partial charge < -0.3 is 5.32 Å². The number of thiazole rings is 1. The molecule has 0 fully saturated rings. The zero-order valence-electron chi connectivity index (χ0n) is 18.1. The van der Waals surface area contributed by atoms with Crippen LogP contribution in [-0.4, -0.2) is 30.2 Å². The number of carbonyl (C=O) groups excluding carboxylic acids is 1. The fourth-order valence-electron chi connectivity index (χ4n) is 3.28. The molecular formula is C23H23ClN6OS2. The molecule has 3 aromatic heterocycles. The molecule has 10 heteroatoms. The summed E-state index contributed by atoms with van der Waals surface area (Å²) in [7, 11) is 0. The molecule has 0 aliphatic rings. The van der Waals surface area contributed by atoms with E-state index in [4.69, 9.17) is 28.9 Å². The molecule has 4 aromatic rings. The first-order chi connectivity index (χ1) is 16.0. The highest BCUT2D eigenvalue weighted by molar-refractivity contribution is 7.71. The molecule has 4 rings (SSSR count). The number of anilines is 1. The first-order valence-electron chi connectivity index (χ1n) is 10.6. The Morgan fingerprint density at radius 2 is 2.00 bits per heavy atom. The predicted octanol–water partition coefficient (Wildman–Crippen LogP) is 6.08. The average Bonchev–Trinajstić information content (AvgIpc) is 3.42. The molecule has 0 saturated heterocycles. The smallest absolute Gasteiger partial charge is 0.228 e. The Bertz CT molecular complexity index is 1280. The summed E-state index contributed by atoms with van der Waals surface area (Å²) in [6, 6.07) is 11.3. The lowest BCUT2D eigenvalue weighted by Gasteiger charge is -2.05. The number of aryl methyl sites for hydroxylation is 1. The summed E-state index contributed by atoms with van der Waals surface area (Å²) in [5, 5.41) is 10.7. The van der Waals surface area contributed by atoms with Crippen molar-refractivity contribution >= 4 is 46.2 Å². The lowest BCUT2D eigenvalue weighted by molar-refractivity contribution is -0.116. The van der Waals surface area contributed by atoms with E-state index in [1.807, 2.05) is 46.3 Å². The molecule has 33 heavy (non-hydrogen) atoms. The van der Waals surface area contributed by atoms with Crippen molar-refractivity contribution in [3.8, 4) is 22.6 Å². The van der Waals surface area contributed by atoms with Gasteiger partial charge in [0.15, 0.2) is 15.7 Å². The summed E-state index contributed by atoms with van der Waals surface area (Å²) in [6.07, 6.45) is 5.73. The van der Waals surface area contributed by atoms with Gasteiger partial charge >= 0.3 is 0 Å². The fourth-order valence-corrected chi connectivity index (χ4v) is 4.46. The minimum atomic E-state index is -0.139. The second kappa shape index (κ2) is 10.8. The number of hydrogen-bond acceptors (Lipinski definition) is 6. The van der Waals surface area contributed by atoms with Gasteiger partial charge in [-0.05, 0) is 55.0 Å². The third-order valence-electron chi connectivity index (χ3n) is 5.02. The van der Waals surface area contributed by atoms with Crippen LogP contribution in [0.25, 0.3) is 22.6 Å². The summed E-state index contributed by atoms with van der Waals surface area (Å²) in [5.41, 5.74) is 2.64. The molecule has 0 saturated carbocycles. The lowest BCUT2D eigenvalue weighted by atomic mass is 10.2. The van der Waals surface area contributed by atoms with Gasteiger partial charge in [0.1, 0.15) is 0 Å². The van der Waals surface area contributed by atoms with Gasteiger partial charge in [0.25, 0.3) is 0 Å². The summed E-state index contributed by atoms with van der Waals surface area (Å²) >= 11 is 13.1. The number of hydrogen-bond donors (Lipinski definition) is 1. The second-order valence-electron chi connectivity index (χ2n) is 7.42. The zero-order valence-corrected chi connectivity index (χ0v) is 20.5. The van der Waals surface area contributed by atoms with Crippen LogP contribution in [0.4, 0.5) is 5.13 Å². The van der Waals surface area contributed by atoms with Crippen LogP contribution >= 0.6 is 35.2 Å². The van der Waals surface area contributed by atoms with E-state index < -0.39 is 0 Å². The third kappa shape index (κ3) is 5.73. The Hall–Kier alpha value is -2.88. The minimum absolute atomic E-state index is 0.139. The maximum Gasteiger partial charge on any atom is 0.228 e. The normalized spacial score (nSPS) is 11.0. The number of nitrogens with one attached hydrogen (secondary N) is 1. The van der Waals surface area contributed by atoms with Crippen LogP contribution < -0.4 is 5.32 Å². The Kier molecular flexibility index (Phi) is 7.64. The molecule has 1 N–H and O–H groups in total.